The number of halogens is 1. The summed E-state index contributed by atoms with van der Waals surface area (Å²) in [6, 6.07) is 7.19. The van der Waals surface area contributed by atoms with E-state index in [1.807, 2.05) is 0 Å². The number of aromatic nitrogens is 1. The number of nitrogen functional groups attached to an aromatic ring is 1. The Bertz CT molecular complexity index is 697. The fraction of sp³-hybridized carbons (Fsp3) is 0.250. The molecule has 0 radical (unpaired) electrons. The first-order valence-electron chi connectivity index (χ1n) is 6.92. The maximum Gasteiger partial charge on any atom is 0.412 e. The van der Waals surface area contributed by atoms with Gasteiger partial charge in [-0.05, 0) is 45.0 Å². The highest BCUT2D eigenvalue weighted by molar-refractivity contribution is 5.85. The van der Waals surface area contributed by atoms with E-state index in [1.165, 1.54) is 24.4 Å². The normalized spacial score (nSPS) is 11.0. The highest BCUT2D eigenvalue weighted by Gasteiger charge is 2.17. The Kier molecular flexibility index (Phi) is 4.68. The molecule has 2 rings (SSSR count). The lowest BCUT2D eigenvalue weighted by atomic mass is 10.2. The average molecular weight is 319 g/mol. The molecule has 0 aliphatic heterocycles. The quantitative estimate of drug-likeness (QED) is 0.894. The van der Waals surface area contributed by atoms with Gasteiger partial charge in [0, 0.05) is 6.07 Å². The number of ether oxygens (including phenoxy) is 2. The molecule has 0 bridgehead atoms. The lowest BCUT2D eigenvalue weighted by Crippen LogP contribution is -2.27. The van der Waals surface area contributed by atoms with Crippen LogP contribution in [-0.2, 0) is 4.74 Å². The van der Waals surface area contributed by atoms with Crippen molar-refractivity contribution < 1.29 is 18.7 Å². The van der Waals surface area contributed by atoms with Crippen molar-refractivity contribution in [2.75, 3.05) is 11.1 Å². The second-order valence-corrected chi connectivity index (χ2v) is 5.79. The molecule has 1 aromatic carbocycles. The van der Waals surface area contributed by atoms with Crippen LogP contribution in [0.1, 0.15) is 20.8 Å². The Hall–Kier alpha value is -2.83. The molecule has 0 aliphatic carbocycles. The number of anilines is 2. The van der Waals surface area contributed by atoms with E-state index >= 15 is 0 Å². The zero-order chi connectivity index (χ0) is 17.0. The van der Waals surface area contributed by atoms with Crippen LogP contribution in [0.2, 0.25) is 0 Å². The van der Waals surface area contributed by atoms with Crippen molar-refractivity contribution in [1.29, 1.82) is 0 Å². The predicted octanol–water partition coefficient (Wildman–Crippen LogP) is 3.94. The van der Waals surface area contributed by atoms with E-state index in [1.54, 1.807) is 32.9 Å². The van der Waals surface area contributed by atoms with Gasteiger partial charge in [0.05, 0.1) is 11.9 Å². The van der Waals surface area contributed by atoms with E-state index in [0.717, 1.165) is 0 Å². The molecule has 0 saturated carbocycles. The number of nitrogens with zero attached hydrogens (tertiary/aromatic N) is 1. The van der Waals surface area contributed by atoms with Gasteiger partial charge in [-0.2, -0.15) is 0 Å². The van der Waals surface area contributed by atoms with Crippen LogP contribution in [0.15, 0.2) is 36.5 Å². The Balaban J connectivity index is 2.12. The van der Waals surface area contributed by atoms with E-state index < -0.39 is 17.5 Å². The summed E-state index contributed by atoms with van der Waals surface area (Å²) in [5.41, 5.74) is 4.77. The van der Waals surface area contributed by atoms with E-state index in [2.05, 4.69) is 10.3 Å². The van der Waals surface area contributed by atoms with Crippen LogP contribution in [0.4, 0.5) is 20.7 Å². The maximum absolute atomic E-state index is 13.8. The molecule has 3 N–H and O–H groups in total. The molecule has 7 heteroatoms. The smallest absolute Gasteiger partial charge is 0.412 e. The van der Waals surface area contributed by atoms with Crippen molar-refractivity contribution in [3.63, 3.8) is 0 Å². The Morgan fingerprint density at radius 3 is 2.52 bits per heavy atom. The van der Waals surface area contributed by atoms with E-state index in [-0.39, 0.29) is 5.69 Å². The molecule has 2 aromatic rings. The fourth-order valence-electron chi connectivity index (χ4n) is 1.67. The van der Waals surface area contributed by atoms with Crippen molar-refractivity contribution in [3.8, 4) is 11.5 Å². The highest BCUT2D eigenvalue weighted by Crippen LogP contribution is 2.26. The summed E-state index contributed by atoms with van der Waals surface area (Å²) in [5, 5.41) is 2.35. The molecular weight excluding hydrogens is 301 g/mol. The number of nitrogens with one attached hydrogen (secondary N) is 1. The summed E-state index contributed by atoms with van der Waals surface area (Å²) in [7, 11) is 0. The number of rotatable bonds is 3. The third-order valence-electron chi connectivity index (χ3n) is 2.57. The number of amides is 1. The molecule has 1 heterocycles. The van der Waals surface area contributed by atoms with Crippen LogP contribution >= 0.6 is 0 Å². The first-order valence-corrected chi connectivity index (χ1v) is 6.92. The Morgan fingerprint density at radius 1 is 1.22 bits per heavy atom. The summed E-state index contributed by atoms with van der Waals surface area (Å²) in [5.74, 6) is 0.542. The SMILES string of the molecule is CC(C)(C)OC(=O)Nc1cc(Oc2ccc(N)nc2)ccc1F. The van der Waals surface area contributed by atoms with E-state index in [0.29, 0.717) is 17.3 Å². The van der Waals surface area contributed by atoms with Crippen LogP contribution in [-0.4, -0.2) is 16.7 Å². The van der Waals surface area contributed by atoms with Gasteiger partial charge in [-0.3, -0.25) is 5.32 Å². The zero-order valence-corrected chi connectivity index (χ0v) is 13.1. The molecule has 6 nitrogen and oxygen atoms in total. The summed E-state index contributed by atoms with van der Waals surface area (Å²) in [6.07, 6.45) is 0.697. The van der Waals surface area contributed by atoms with Crippen molar-refractivity contribution in [1.82, 2.24) is 4.98 Å². The van der Waals surface area contributed by atoms with Crippen molar-refractivity contribution in [3.05, 3.63) is 42.3 Å². The van der Waals surface area contributed by atoms with Gasteiger partial charge >= 0.3 is 6.09 Å². The molecule has 0 fully saturated rings. The van der Waals surface area contributed by atoms with Gasteiger partial charge in [0.15, 0.2) is 0 Å². The van der Waals surface area contributed by atoms with Gasteiger partial charge in [-0.1, -0.05) is 0 Å². The second kappa shape index (κ2) is 6.51. The van der Waals surface area contributed by atoms with E-state index in [9.17, 15) is 9.18 Å². The number of hydrogen-bond acceptors (Lipinski definition) is 5. The number of pyridine rings is 1. The fourth-order valence-corrected chi connectivity index (χ4v) is 1.67. The monoisotopic (exact) mass is 319 g/mol. The van der Waals surface area contributed by atoms with Gasteiger partial charge in [-0.15, -0.1) is 0 Å². The highest BCUT2D eigenvalue weighted by atomic mass is 19.1. The van der Waals surface area contributed by atoms with Crippen LogP contribution in [0, 0.1) is 5.82 Å². The molecule has 23 heavy (non-hydrogen) atoms. The number of nitrogens with two attached hydrogens (primary N) is 1. The minimum Gasteiger partial charge on any atom is -0.456 e. The van der Waals surface area contributed by atoms with Crippen molar-refractivity contribution in [2.45, 2.75) is 26.4 Å². The third kappa shape index (κ3) is 5.14. The average Bonchev–Trinajstić information content (AvgIpc) is 2.43. The minimum absolute atomic E-state index is 0.0415. The standard InChI is InChI=1S/C16H18FN3O3/c1-16(2,3)23-15(21)20-13-8-10(4-6-12(13)17)22-11-5-7-14(18)19-9-11/h4-9H,1-3H3,(H2,18,19)(H,20,21). The largest absolute Gasteiger partial charge is 0.456 e. The van der Waals surface area contributed by atoms with Gasteiger partial charge < -0.3 is 15.2 Å². The van der Waals surface area contributed by atoms with Crippen LogP contribution < -0.4 is 15.8 Å². The first kappa shape index (κ1) is 16.5. The maximum atomic E-state index is 13.8. The number of carbonyl (C=O) groups is 1. The number of hydrogen-bond donors (Lipinski definition) is 2. The van der Waals surface area contributed by atoms with Crippen molar-refractivity contribution >= 4 is 17.6 Å². The number of benzene rings is 1. The lowest BCUT2D eigenvalue weighted by Gasteiger charge is -2.20. The molecule has 1 amide bonds. The Labute approximate surface area is 133 Å². The zero-order valence-electron chi connectivity index (χ0n) is 13.1. The van der Waals surface area contributed by atoms with E-state index in [4.69, 9.17) is 15.2 Å². The van der Waals surface area contributed by atoms with Crippen LogP contribution in [0.25, 0.3) is 0 Å². The molecule has 0 unspecified atom stereocenters. The topological polar surface area (TPSA) is 86.5 Å². The summed E-state index contributed by atoms with van der Waals surface area (Å²) >= 11 is 0. The third-order valence-corrected chi connectivity index (χ3v) is 2.57. The molecule has 0 aliphatic rings. The molecule has 0 atom stereocenters. The summed E-state index contributed by atoms with van der Waals surface area (Å²) in [4.78, 5) is 15.6. The molecular formula is C16H18FN3O3. The van der Waals surface area contributed by atoms with Crippen molar-refractivity contribution in [2.24, 2.45) is 0 Å². The second-order valence-electron chi connectivity index (χ2n) is 5.79. The lowest BCUT2D eigenvalue weighted by molar-refractivity contribution is 0.0635. The molecule has 0 spiro atoms. The minimum atomic E-state index is -0.747. The Morgan fingerprint density at radius 2 is 1.91 bits per heavy atom. The number of carbonyl (C=O) groups excluding carboxylic acids is 1. The molecule has 0 saturated heterocycles. The van der Waals surface area contributed by atoms with Gasteiger partial charge in [0.1, 0.15) is 28.7 Å². The van der Waals surface area contributed by atoms with Gasteiger partial charge in [-0.25, -0.2) is 14.2 Å². The summed E-state index contributed by atoms with van der Waals surface area (Å²) in [6.45, 7) is 5.16. The molecule has 122 valence electrons. The molecule has 1 aromatic heterocycles. The van der Waals surface area contributed by atoms with Gasteiger partial charge in [0.2, 0.25) is 0 Å². The van der Waals surface area contributed by atoms with Gasteiger partial charge in [0.25, 0.3) is 0 Å². The van der Waals surface area contributed by atoms with Crippen LogP contribution in [0.5, 0.6) is 11.5 Å². The first-order chi connectivity index (χ1) is 10.7. The van der Waals surface area contributed by atoms with Crippen LogP contribution in [0.3, 0.4) is 0 Å². The summed E-state index contributed by atoms with van der Waals surface area (Å²) < 4.78 is 24.4. The predicted molar refractivity (Wildman–Crippen MR) is 85.0 cm³/mol.